The third-order valence-electron chi connectivity index (χ3n) is 6.58. The fraction of sp³-hybridized carbons (Fsp3) is 0.207. The molecule has 4 aromatic rings. The maximum atomic E-state index is 13.0. The molecule has 0 unspecified atom stereocenters. The smallest absolute Gasteiger partial charge is 0.253 e. The molecule has 0 saturated carbocycles. The molecule has 0 aliphatic carbocycles. The van der Waals surface area contributed by atoms with Crippen molar-refractivity contribution in [3.63, 3.8) is 0 Å². The van der Waals surface area contributed by atoms with Crippen molar-refractivity contribution in [3.8, 4) is 22.4 Å². The Hall–Kier alpha value is -3.99. The van der Waals surface area contributed by atoms with Gasteiger partial charge < -0.3 is 9.80 Å². The molecule has 3 aromatic carbocycles. The number of carbonyl (C=O) groups is 1. The minimum absolute atomic E-state index is 0.0791. The lowest BCUT2D eigenvalue weighted by atomic mass is 10.0. The van der Waals surface area contributed by atoms with E-state index in [0.29, 0.717) is 13.1 Å². The third-order valence-corrected chi connectivity index (χ3v) is 6.58. The van der Waals surface area contributed by atoms with Gasteiger partial charge in [-0.2, -0.15) is 0 Å². The summed E-state index contributed by atoms with van der Waals surface area (Å²) >= 11 is 0. The van der Waals surface area contributed by atoms with E-state index in [1.807, 2.05) is 59.5 Å². The number of aromatic nitrogens is 2. The molecule has 0 atom stereocenters. The quantitative estimate of drug-likeness (QED) is 0.420. The van der Waals surface area contributed by atoms with E-state index in [-0.39, 0.29) is 5.91 Å². The average molecular weight is 449 g/mol. The third kappa shape index (κ3) is 4.55. The lowest BCUT2D eigenvalue weighted by Crippen LogP contribution is -2.49. The minimum atomic E-state index is 0.0791. The van der Waals surface area contributed by atoms with Crippen LogP contribution in [0.5, 0.6) is 0 Å². The summed E-state index contributed by atoms with van der Waals surface area (Å²) < 4.78 is 0. The van der Waals surface area contributed by atoms with Crippen molar-refractivity contribution in [3.05, 3.63) is 102 Å². The van der Waals surface area contributed by atoms with Crippen molar-refractivity contribution < 1.29 is 4.79 Å². The molecule has 5 rings (SSSR count). The average Bonchev–Trinajstić information content (AvgIpc) is 2.91. The maximum absolute atomic E-state index is 13.0. The van der Waals surface area contributed by atoms with Crippen LogP contribution < -0.4 is 4.90 Å². The highest BCUT2D eigenvalue weighted by molar-refractivity contribution is 5.95. The van der Waals surface area contributed by atoms with Gasteiger partial charge in [-0.05, 0) is 66.4 Å². The summed E-state index contributed by atoms with van der Waals surface area (Å²) in [6.45, 7) is 7.04. The molecule has 1 amide bonds. The Bertz CT molecular complexity index is 1280. The molecule has 1 aliphatic rings. The summed E-state index contributed by atoms with van der Waals surface area (Å²) in [7, 11) is 0. The largest absolute Gasteiger partial charge is 0.352 e. The van der Waals surface area contributed by atoms with Gasteiger partial charge in [0.05, 0.1) is 5.69 Å². The Balaban J connectivity index is 1.20. The van der Waals surface area contributed by atoms with Crippen molar-refractivity contribution in [2.24, 2.45) is 0 Å². The Morgan fingerprint density at radius 2 is 1.35 bits per heavy atom. The van der Waals surface area contributed by atoms with Crippen LogP contribution in [0, 0.1) is 13.8 Å². The van der Waals surface area contributed by atoms with Gasteiger partial charge >= 0.3 is 0 Å². The highest BCUT2D eigenvalue weighted by atomic mass is 16.2. The fourth-order valence-electron chi connectivity index (χ4n) is 4.31. The molecule has 1 aliphatic heterocycles. The number of amides is 1. The van der Waals surface area contributed by atoms with Gasteiger partial charge in [-0.25, -0.2) is 0 Å². The van der Waals surface area contributed by atoms with Crippen LogP contribution in [0.25, 0.3) is 22.4 Å². The topological polar surface area (TPSA) is 49.3 Å². The van der Waals surface area contributed by atoms with E-state index < -0.39 is 0 Å². The number of rotatable bonds is 4. The first kappa shape index (κ1) is 21.8. The van der Waals surface area contributed by atoms with Crippen molar-refractivity contribution >= 4 is 11.7 Å². The number of piperazine rings is 1. The molecule has 0 spiro atoms. The Kier molecular flexibility index (Phi) is 6.09. The molecule has 1 aromatic heterocycles. The van der Waals surface area contributed by atoms with E-state index in [1.54, 1.807) is 0 Å². The molecule has 170 valence electrons. The summed E-state index contributed by atoms with van der Waals surface area (Å²) in [6, 6.07) is 28.5. The second-order valence-corrected chi connectivity index (χ2v) is 8.80. The zero-order valence-corrected chi connectivity index (χ0v) is 19.6. The highest BCUT2D eigenvalue weighted by Gasteiger charge is 2.23. The number of hydrogen-bond donors (Lipinski definition) is 0. The van der Waals surface area contributed by atoms with Crippen molar-refractivity contribution in [1.29, 1.82) is 0 Å². The fourth-order valence-corrected chi connectivity index (χ4v) is 4.31. The first-order chi connectivity index (χ1) is 16.6. The lowest BCUT2D eigenvalue weighted by Gasteiger charge is -2.35. The van der Waals surface area contributed by atoms with Crippen molar-refractivity contribution in [2.45, 2.75) is 13.8 Å². The molecule has 1 saturated heterocycles. The molecule has 0 bridgehead atoms. The minimum Gasteiger partial charge on any atom is -0.352 e. The molecular weight excluding hydrogens is 420 g/mol. The Morgan fingerprint density at radius 1 is 0.676 bits per heavy atom. The molecule has 5 nitrogen and oxygen atoms in total. The normalized spacial score (nSPS) is 13.7. The first-order valence-electron chi connectivity index (χ1n) is 11.7. The van der Waals surface area contributed by atoms with Gasteiger partial charge in [-0.1, -0.05) is 54.6 Å². The number of benzene rings is 3. The first-order valence-corrected chi connectivity index (χ1v) is 11.7. The van der Waals surface area contributed by atoms with Crippen LogP contribution in [0.15, 0.2) is 84.9 Å². The standard InChI is InChI=1S/C29H28N4O/c1-21-8-9-26(20-22(21)2)27-14-15-28(31-30-27)32-16-18-33(19-17-32)29(34)25-12-10-24(11-13-25)23-6-4-3-5-7-23/h3-15,20H,16-19H2,1-2H3. The summed E-state index contributed by atoms with van der Waals surface area (Å²) in [5, 5.41) is 8.93. The van der Waals surface area contributed by atoms with E-state index >= 15 is 0 Å². The molecule has 34 heavy (non-hydrogen) atoms. The Labute approximate surface area is 200 Å². The van der Waals surface area contributed by atoms with Crippen molar-refractivity contribution in [1.82, 2.24) is 15.1 Å². The summed E-state index contributed by atoms with van der Waals surface area (Å²) in [6.07, 6.45) is 0. The zero-order valence-electron chi connectivity index (χ0n) is 19.6. The number of carbonyl (C=O) groups excluding carboxylic acids is 1. The van der Waals surface area contributed by atoms with Crippen LogP contribution in [-0.2, 0) is 0 Å². The molecular formula is C29H28N4O. The SMILES string of the molecule is Cc1ccc(-c2ccc(N3CCN(C(=O)c4ccc(-c5ccccc5)cc4)CC3)nn2)cc1C. The zero-order chi connectivity index (χ0) is 23.5. The van der Waals surface area contributed by atoms with Gasteiger partial charge in [0, 0.05) is 37.3 Å². The van der Waals surface area contributed by atoms with Crippen LogP contribution >= 0.6 is 0 Å². The van der Waals surface area contributed by atoms with Gasteiger partial charge in [0.2, 0.25) is 0 Å². The highest BCUT2D eigenvalue weighted by Crippen LogP contribution is 2.23. The Morgan fingerprint density at radius 3 is 2.00 bits per heavy atom. The van der Waals surface area contributed by atoms with Gasteiger partial charge in [0.1, 0.15) is 0 Å². The van der Waals surface area contributed by atoms with Crippen molar-refractivity contribution in [2.75, 3.05) is 31.1 Å². The van der Waals surface area contributed by atoms with Gasteiger partial charge in [-0.3, -0.25) is 4.79 Å². The van der Waals surface area contributed by atoms with E-state index in [0.717, 1.165) is 46.9 Å². The van der Waals surface area contributed by atoms with Crippen LogP contribution in [-0.4, -0.2) is 47.2 Å². The lowest BCUT2D eigenvalue weighted by molar-refractivity contribution is 0.0746. The van der Waals surface area contributed by atoms with Gasteiger partial charge in [0.15, 0.2) is 5.82 Å². The molecule has 0 radical (unpaired) electrons. The molecule has 5 heteroatoms. The number of aryl methyl sites for hydroxylation is 2. The van der Waals surface area contributed by atoms with E-state index in [2.05, 4.69) is 59.3 Å². The maximum Gasteiger partial charge on any atom is 0.253 e. The predicted octanol–water partition coefficient (Wildman–Crippen LogP) is 5.39. The van der Waals surface area contributed by atoms with E-state index in [1.165, 1.54) is 11.1 Å². The second-order valence-electron chi connectivity index (χ2n) is 8.80. The van der Waals surface area contributed by atoms with Gasteiger partial charge in [0.25, 0.3) is 5.91 Å². The van der Waals surface area contributed by atoms with E-state index in [9.17, 15) is 4.79 Å². The molecule has 2 heterocycles. The van der Waals surface area contributed by atoms with Crippen LogP contribution in [0.3, 0.4) is 0 Å². The summed E-state index contributed by atoms with van der Waals surface area (Å²) in [4.78, 5) is 17.1. The number of hydrogen-bond acceptors (Lipinski definition) is 4. The predicted molar refractivity (Wildman–Crippen MR) is 137 cm³/mol. The van der Waals surface area contributed by atoms with Crippen LogP contribution in [0.1, 0.15) is 21.5 Å². The van der Waals surface area contributed by atoms with Gasteiger partial charge in [-0.15, -0.1) is 10.2 Å². The van der Waals surface area contributed by atoms with Crippen LogP contribution in [0.2, 0.25) is 0 Å². The second kappa shape index (κ2) is 9.48. The molecule has 0 N–H and O–H groups in total. The summed E-state index contributed by atoms with van der Waals surface area (Å²) in [5.74, 6) is 0.933. The molecule has 1 fully saturated rings. The summed E-state index contributed by atoms with van der Waals surface area (Å²) in [5.41, 5.74) is 7.47. The number of nitrogens with zero attached hydrogens (tertiary/aromatic N) is 4. The number of anilines is 1. The van der Waals surface area contributed by atoms with E-state index in [4.69, 9.17) is 0 Å². The monoisotopic (exact) mass is 448 g/mol. The van der Waals surface area contributed by atoms with Crippen LogP contribution in [0.4, 0.5) is 5.82 Å².